The van der Waals surface area contributed by atoms with Gasteiger partial charge in [-0.25, -0.2) is 0 Å². The molecule has 1 amide bonds. The second-order valence-corrected chi connectivity index (χ2v) is 4.91. The average molecular weight is 242 g/mol. The summed E-state index contributed by atoms with van der Waals surface area (Å²) in [6.45, 7) is 4.89. The van der Waals surface area contributed by atoms with Crippen LogP contribution in [0.25, 0.3) is 0 Å². The molecule has 0 saturated carbocycles. The summed E-state index contributed by atoms with van der Waals surface area (Å²) in [4.78, 5) is 16.2. The third kappa shape index (κ3) is 5.48. The van der Waals surface area contributed by atoms with Gasteiger partial charge in [-0.2, -0.15) is 0 Å². The first kappa shape index (κ1) is 14.4. The van der Waals surface area contributed by atoms with E-state index in [1.165, 1.54) is 0 Å². The van der Waals surface area contributed by atoms with Crippen molar-refractivity contribution >= 4 is 5.91 Å². The number of hydrogen-bond donors (Lipinski definition) is 2. The first-order valence-electron chi connectivity index (χ1n) is 6.43. The van der Waals surface area contributed by atoms with Gasteiger partial charge in [0.15, 0.2) is 0 Å². The van der Waals surface area contributed by atoms with Gasteiger partial charge < -0.3 is 15.5 Å². The van der Waals surface area contributed by atoms with Crippen LogP contribution in [0.15, 0.2) is 0 Å². The molecule has 17 heavy (non-hydrogen) atoms. The van der Waals surface area contributed by atoms with Crippen molar-refractivity contribution < 1.29 is 4.79 Å². The molecule has 2 N–H and O–H groups in total. The van der Waals surface area contributed by atoms with Crippen molar-refractivity contribution in [3.63, 3.8) is 0 Å². The molecule has 1 fully saturated rings. The van der Waals surface area contributed by atoms with Crippen LogP contribution in [0.5, 0.6) is 0 Å². The average Bonchev–Trinajstić information content (AvgIpc) is 2.31. The van der Waals surface area contributed by atoms with Crippen LogP contribution in [0.2, 0.25) is 0 Å². The molecule has 1 aliphatic rings. The number of amides is 1. The van der Waals surface area contributed by atoms with Gasteiger partial charge in [-0.1, -0.05) is 0 Å². The minimum Gasteiger partial charge on any atom is -0.354 e. The first-order valence-corrected chi connectivity index (χ1v) is 6.43. The molecule has 0 aromatic heterocycles. The molecule has 0 aliphatic carbocycles. The van der Waals surface area contributed by atoms with E-state index in [-0.39, 0.29) is 5.91 Å². The summed E-state index contributed by atoms with van der Waals surface area (Å²) in [6.07, 6.45) is 1.52. The minimum absolute atomic E-state index is 0.168. The Bertz CT molecular complexity index is 235. The number of carbonyl (C=O) groups is 1. The van der Waals surface area contributed by atoms with Crippen molar-refractivity contribution in [2.24, 2.45) is 0 Å². The Hall–Kier alpha value is -0.650. The van der Waals surface area contributed by atoms with Crippen LogP contribution >= 0.6 is 0 Å². The minimum atomic E-state index is 0.168. The number of likely N-dealkylation sites (N-methyl/N-ethyl adjacent to an activating group) is 2. The highest BCUT2D eigenvalue weighted by Gasteiger charge is 2.22. The van der Waals surface area contributed by atoms with Gasteiger partial charge in [0.1, 0.15) is 0 Å². The van der Waals surface area contributed by atoms with E-state index < -0.39 is 0 Å². The maximum absolute atomic E-state index is 11.6. The van der Waals surface area contributed by atoms with Gasteiger partial charge in [0, 0.05) is 38.6 Å². The summed E-state index contributed by atoms with van der Waals surface area (Å²) in [5.74, 6) is 0.168. The Morgan fingerprint density at radius 1 is 1.35 bits per heavy atom. The van der Waals surface area contributed by atoms with Gasteiger partial charge in [-0.15, -0.1) is 0 Å². The zero-order chi connectivity index (χ0) is 12.7. The van der Waals surface area contributed by atoms with Crippen molar-refractivity contribution in [3.05, 3.63) is 0 Å². The molecule has 1 saturated heterocycles. The van der Waals surface area contributed by atoms with Crippen molar-refractivity contribution in [1.82, 2.24) is 20.4 Å². The first-order chi connectivity index (χ1) is 8.13. The predicted octanol–water partition coefficient (Wildman–Crippen LogP) is -0.652. The molecule has 0 spiro atoms. The summed E-state index contributed by atoms with van der Waals surface area (Å²) in [5.41, 5.74) is 0. The molecule has 5 heteroatoms. The van der Waals surface area contributed by atoms with E-state index in [0.29, 0.717) is 12.5 Å². The van der Waals surface area contributed by atoms with E-state index in [4.69, 9.17) is 0 Å². The number of carbonyl (C=O) groups excluding carboxylic acids is 1. The highest BCUT2D eigenvalue weighted by molar-refractivity contribution is 5.75. The Labute approximate surface area is 105 Å². The molecule has 1 heterocycles. The lowest BCUT2D eigenvalue weighted by molar-refractivity contribution is -0.121. The predicted molar refractivity (Wildman–Crippen MR) is 70.1 cm³/mol. The van der Waals surface area contributed by atoms with Crippen LogP contribution in [0.3, 0.4) is 0 Å². The molecule has 100 valence electrons. The zero-order valence-electron chi connectivity index (χ0n) is 11.3. The largest absolute Gasteiger partial charge is 0.354 e. The molecule has 1 atom stereocenters. The fourth-order valence-corrected chi connectivity index (χ4v) is 2.07. The van der Waals surface area contributed by atoms with Crippen LogP contribution in [0.1, 0.15) is 12.8 Å². The number of nitrogens with one attached hydrogen (secondary N) is 2. The fourth-order valence-electron chi connectivity index (χ4n) is 2.07. The van der Waals surface area contributed by atoms with E-state index in [2.05, 4.69) is 34.5 Å². The number of hydrogen-bond acceptors (Lipinski definition) is 4. The highest BCUT2D eigenvalue weighted by atomic mass is 16.1. The summed E-state index contributed by atoms with van der Waals surface area (Å²) in [7, 11) is 6.17. The SMILES string of the molecule is CNCCCC(=O)NCC1CN(C)CCN1C. The molecular formula is C12H26N4O. The van der Waals surface area contributed by atoms with E-state index in [1.807, 2.05) is 7.05 Å². The normalized spacial score (nSPS) is 22.6. The maximum Gasteiger partial charge on any atom is 0.220 e. The number of piperazine rings is 1. The van der Waals surface area contributed by atoms with E-state index in [0.717, 1.165) is 39.1 Å². The van der Waals surface area contributed by atoms with Gasteiger partial charge in [-0.05, 0) is 34.1 Å². The van der Waals surface area contributed by atoms with Crippen LogP contribution < -0.4 is 10.6 Å². The van der Waals surface area contributed by atoms with Crippen LogP contribution in [0.4, 0.5) is 0 Å². The Morgan fingerprint density at radius 2 is 2.12 bits per heavy atom. The lowest BCUT2D eigenvalue weighted by Crippen LogP contribution is -2.54. The summed E-state index contributed by atoms with van der Waals surface area (Å²) in [6, 6.07) is 0.446. The fraction of sp³-hybridized carbons (Fsp3) is 0.917. The van der Waals surface area contributed by atoms with Crippen LogP contribution in [0, 0.1) is 0 Å². The van der Waals surface area contributed by atoms with E-state index in [9.17, 15) is 4.79 Å². The Morgan fingerprint density at radius 3 is 2.82 bits per heavy atom. The Balaban J connectivity index is 2.17. The van der Waals surface area contributed by atoms with Crippen molar-refractivity contribution in [2.45, 2.75) is 18.9 Å². The summed E-state index contributed by atoms with van der Waals surface area (Å²) >= 11 is 0. The summed E-state index contributed by atoms with van der Waals surface area (Å²) < 4.78 is 0. The second-order valence-electron chi connectivity index (χ2n) is 4.91. The van der Waals surface area contributed by atoms with Crippen molar-refractivity contribution in [3.8, 4) is 0 Å². The quantitative estimate of drug-likeness (QED) is 0.608. The van der Waals surface area contributed by atoms with Crippen molar-refractivity contribution in [2.75, 3.05) is 53.9 Å². The zero-order valence-corrected chi connectivity index (χ0v) is 11.3. The van der Waals surface area contributed by atoms with Crippen LogP contribution in [-0.2, 0) is 4.79 Å². The molecular weight excluding hydrogens is 216 g/mol. The molecule has 0 bridgehead atoms. The van der Waals surface area contributed by atoms with Gasteiger partial charge in [0.25, 0.3) is 0 Å². The Kier molecular flexibility index (Phi) is 6.47. The molecule has 1 unspecified atom stereocenters. The molecule has 1 aliphatic heterocycles. The third-order valence-corrected chi connectivity index (χ3v) is 3.35. The smallest absolute Gasteiger partial charge is 0.220 e. The number of rotatable bonds is 6. The second kappa shape index (κ2) is 7.63. The monoisotopic (exact) mass is 242 g/mol. The summed E-state index contributed by atoms with van der Waals surface area (Å²) in [5, 5.41) is 6.07. The molecule has 0 aromatic rings. The highest BCUT2D eigenvalue weighted by Crippen LogP contribution is 2.04. The molecule has 5 nitrogen and oxygen atoms in total. The molecule has 0 radical (unpaired) electrons. The van der Waals surface area contributed by atoms with Crippen molar-refractivity contribution in [1.29, 1.82) is 0 Å². The number of nitrogens with zero attached hydrogens (tertiary/aromatic N) is 2. The van der Waals surface area contributed by atoms with E-state index >= 15 is 0 Å². The lowest BCUT2D eigenvalue weighted by Gasteiger charge is -2.37. The lowest BCUT2D eigenvalue weighted by atomic mass is 10.2. The van der Waals surface area contributed by atoms with E-state index in [1.54, 1.807) is 0 Å². The third-order valence-electron chi connectivity index (χ3n) is 3.35. The topological polar surface area (TPSA) is 47.6 Å². The van der Waals surface area contributed by atoms with Gasteiger partial charge in [-0.3, -0.25) is 9.69 Å². The van der Waals surface area contributed by atoms with Gasteiger partial charge in [0.05, 0.1) is 0 Å². The van der Waals surface area contributed by atoms with Gasteiger partial charge >= 0.3 is 0 Å². The molecule has 1 rings (SSSR count). The standard InChI is InChI=1S/C12H26N4O/c1-13-6-4-5-12(17)14-9-11-10-15(2)7-8-16(11)3/h11,13H,4-10H2,1-3H3,(H,14,17). The molecule has 0 aromatic carbocycles. The van der Waals surface area contributed by atoms with Crippen LogP contribution in [-0.4, -0.2) is 75.6 Å². The van der Waals surface area contributed by atoms with Gasteiger partial charge in [0.2, 0.25) is 5.91 Å². The maximum atomic E-state index is 11.6.